The lowest BCUT2D eigenvalue weighted by Crippen LogP contribution is -2.12. The van der Waals surface area contributed by atoms with Gasteiger partial charge < -0.3 is 10.4 Å². The first-order valence-electron chi connectivity index (χ1n) is 5.66. The van der Waals surface area contributed by atoms with E-state index in [9.17, 15) is 9.59 Å². The number of aromatic nitrogens is 2. The summed E-state index contributed by atoms with van der Waals surface area (Å²) in [5, 5.41) is 16.5. The zero-order valence-electron chi connectivity index (χ0n) is 10.5. The van der Waals surface area contributed by atoms with E-state index in [0.717, 1.165) is 28.7 Å². The molecule has 1 heterocycles. The molecule has 0 bridgehead atoms. The van der Waals surface area contributed by atoms with E-state index >= 15 is 0 Å². The second kappa shape index (κ2) is 6.07. The minimum absolute atomic E-state index is 0.248. The van der Waals surface area contributed by atoms with E-state index in [1.165, 1.54) is 6.08 Å². The largest absolute Gasteiger partial charge is 0.478 e. The molecule has 20 heavy (non-hydrogen) atoms. The Balaban J connectivity index is 2.19. The van der Waals surface area contributed by atoms with Crippen molar-refractivity contribution in [2.45, 2.75) is 6.92 Å². The van der Waals surface area contributed by atoms with Crippen LogP contribution in [0.4, 0.5) is 5.69 Å². The van der Waals surface area contributed by atoms with E-state index in [0.29, 0.717) is 5.69 Å². The van der Waals surface area contributed by atoms with Crippen LogP contribution in [0.15, 0.2) is 29.7 Å². The molecular weight excluding hydrogens is 278 g/mol. The van der Waals surface area contributed by atoms with Crippen LogP contribution in [0.1, 0.15) is 21.6 Å². The van der Waals surface area contributed by atoms with Crippen LogP contribution in [0.25, 0.3) is 6.08 Å². The number of aryl methyl sites for hydroxylation is 1. The molecule has 0 aliphatic rings. The van der Waals surface area contributed by atoms with Crippen molar-refractivity contribution in [2.75, 3.05) is 5.32 Å². The minimum Gasteiger partial charge on any atom is -0.478 e. The Morgan fingerprint density at radius 1 is 1.40 bits per heavy atom. The van der Waals surface area contributed by atoms with Gasteiger partial charge in [-0.2, -0.15) is 0 Å². The quantitative estimate of drug-likeness (QED) is 0.842. The molecule has 102 valence electrons. The third-order valence-electron chi connectivity index (χ3n) is 2.54. The van der Waals surface area contributed by atoms with Gasteiger partial charge in [0.1, 0.15) is 0 Å². The van der Waals surface area contributed by atoms with Crippen LogP contribution < -0.4 is 5.32 Å². The Kier molecular flexibility index (Phi) is 4.21. The van der Waals surface area contributed by atoms with Crippen molar-refractivity contribution >= 4 is 35.2 Å². The van der Waals surface area contributed by atoms with Crippen molar-refractivity contribution in [3.8, 4) is 0 Å². The maximum atomic E-state index is 11.8. The number of benzene rings is 1. The maximum Gasteiger partial charge on any atom is 0.328 e. The molecule has 1 aromatic carbocycles. The Morgan fingerprint density at radius 2 is 2.20 bits per heavy atom. The number of carboxylic acids is 1. The van der Waals surface area contributed by atoms with Crippen molar-refractivity contribution in [1.29, 1.82) is 0 Å². The molecule has 0 unspecified atom stereocenters. The number of anilines is 1. The number of carboxylic acid groups (broad SMARTS) is 1. The van der Waals surface area contributed by atoms with Crippen LogP contribution in [-0.4, -0.2) is 26.6 Å². The van der Waals surface area contributed by atoms with Gasteiger partial charge in [-0.3, -0.25) is 4.79 Å². The number of hydrogen-bond donors (Lipinski definition) is 2. The zero-order valence-corrected chi connectivity index (χ0v) is 11.3. The molecule has 0 radical (unpaired) electrons. The molecule has 0 spiro atoms. The summed E-state index contributed by atoms with van der Waals surface area (Å²) in [6.45, 7) is 1.86. The third kappa shape index (κ3) is 3.48. The van der Waals surface area contributed by atoms with E-state index in [2.05, 4.69) is 14.9 Å². The molecule has 0 aliphatic heterocycles. The highest BCUT2D eigenvalue weighted by atomic mass is 32.1. The van der Waals surface area contributed by atoms with E-state index in [1.807, 2.05) is 6.92 Å². The second-order valence-electron chi connectivity index (χ2n) is 3.99. The molecule has 1 aromatic heterocycles. The van der Waals surface area contributed by atoms with Gasteiger partial charge in [0.2, 0.25) is 0 Å². The molecule has 0 aliphatic carbocycles. The molecule has 6 nitrogen and oxygen atoms in total. The number of rotatable bonds is 4. The number of nitrogens with one attached hydrogen (secondary N) is 1. The van der Waals surface area contributed by atoms with Crippen LogP contribution in [0.5, 0.6) is 0 Å². The topological polar surface area (TPSA) is 92.2 Å². The summed E-state index contributed by atoms with van der Waals surface area (Å²) >= 11 is 1.10. The Hall–Kier alpha value is -2.54. The average molecular weight is 289 g/mol. The lowest BCUT2D eigenvalue weighted by molar-refractivity contribution is -0.131. The summed E-state index contributed by atoms with van der Waals surface area (Å²) in [6, 6.07) is 5.24. The molecule has 0 atom stereocenters. The van der Waals surface area contributed by atoms with Gasteiger partial charge >= 0.3 is 5.97 Å². The lowest BCUT2D eigenvalue weighted by Gasteiger charge is -2.06. The molecule has 7 heteroatoms. The van der Waals surface area contributed by atoms with Gasteiger partial charge in [0.15, 0.2) is 5.69 Å². The fourth-order valence-corrected chi connectivity index (χ4v) is 1.95. The fraction of sp³-hybridized carbons (Fsp3) is 0.0769. The first-order valence-corrected chi connectivity index (χ1v) is 6.50. The van der Waals surface area contributed by atoms with Gasteiger partial charge in [-0.25, -0.2) is 4.79 Å². The second-order valence-corrected chi connectivity index (χ2v) is 4.60. The van der Waals surface area contributed by atoms with E-state index < -0.39 is 5.97 Å². The van der Waals surface area contributed by atoms with Crippen molar-refractivity contribution in [1.82, 2.24) is 9.59 Å². The first kappa shape index (κ1) is 13.9. The van der Waals surface area contributed by atoms with Gasteiger partial charge in [0.25, 0.3) is 5.91 Å². The highest BCUT2D eigenvalue weighted by Crippen LogP contribution is 2.17. The van der Waals surface area contributed by atoms with E-state index in [-0.39, 0.29) is 11.6 Å². The molecule has 0 saturated carbocycles. The molecule has 2 N–H and O–H groups in total. The SMILES string of the molecule is Cc1ccc(NC(=O)c2csnn2)cc1C=CC(=O)O. The Morgan fingerprint density at radius 3 is 2.85 bits per heavy atom. The number of amides is 1. The fourth-order valence-electron chi connectivity index (χ4n) is 1.52. The van der Waals surface area contributed by atoms with Gasteiger partial charge in [-0.05, 0) is 47.8 Å². The minimum atomic E-state index is -1.02. The van der Waals surface area contributed by atoms with Crippen LogP contribution in [0, 0.1) is 6.92 Å². The first-order chi connectivity index (χ1) is 9.56. The summed E-state index contributed by atoms with van der Waals surface area (Å²) in [7, 11) is 0. The molecule has 0 saturated heterocycles. The third-order valence-corrected chi connectivity index (χ3v) is 3.04. The number of hydrogen-bond acceptors (Lipinski definition) is 5. The average Bonchev–Trinajstić information content (AvgIpc) is 2.93. The van der Waals surface area contributed by atoms with Crippen molar-refractivity contribution in [3.05, 3.63) is 46.5 Å². The van der Waals surface area contributed by atoms with Crippen LogP contribution in [-0.2, 0) is 4.79 Å². The van der Waals surface area contributed by atoms with Gasteiger partial charge in [0, 0.05) is 17.1 Å². The smallest absolute Gasteiger partial charge is 0.328 e. The maximum absolute atomic E-state index is 11.8. The lowest BCUT2D eigenvalue weighted by atomic mass is 10.1. The van der Waals surface area contributed by atoms with E-state index in [4.69, 9.17) is 5.11 Å². The molecule has 0 fully saturated rings. The van der Waals surface area contributed by atoms with Crippen molar-refractivity contribution in [2.24, 2.45) is 0 Å². The molecule has 2 rings (SSSR count). The van der Waals surface area contributed by atoms with Gasteiger partial charge in [-0.1, -0.05) is 10.6 Å². The summed E-state index contributed by atoms with van der Waals surface area (Å²) in [5.74, 6) is -1.37. The summed E-state index contributed by atoms with van der Waals surface area (Å²) in [4.78, 5) is 22.3. The summed E-state index contributed by atoms with van der Waals surface area (Å²) in [6.07, 6.45) is 2.54. The molecule has 2 aromatic rings. The van der Waals surface area contributed by atoms with Crippen LogP contribution in [0.2, 0.25) is 0 Å². The monoisotopic (exact) mass is 289 g/mol. The number of aliphatic carboxylic acids is 1. The zero-order chi connectivity index (χ0) is 14.5. The Labute approximate surface area is 118 Å². The standard InChI is InChI=1S/C13H11N3O3S/c1-8-2-4-10(6-9(8)3-5-12(17)18)14-13(19)11-7-20-16-15-11/h2-7H,1H3,(H,14,19)(H,17,18). The Bertz CT molecular complexity index is 666. The van der Waals surface area contributed by atoms with Crippen LogP contribution >= 0.6 is 11.5 Å². The van der Waals surface area contributed by atoms with E-state index in [1.54, 1.807) is 23.6 Å². The van der Waals surface area contributed by atoms with Gasteiger partial charge in [0.05, 0.1) is 0 Å². The van der Waals surface area contributed by atoms with Gasteiger partial charge in [-0.15, -0.1) is 5.10 Å². The summed E-state index contributed by atoms with van der Waals surface area (Å²) in [5.41, 5.74) is 2.45. The highest BCUT2D eigenvalue weighted by Gasteiger charge is 2.09. The van der Waals surface area contributed by atoms with Crippen molar-refractivity contribution < 1.29 is 14.7 Å². The number of carbonyl (C=O) groups is 2. The normalized spacial score (nSPS) is 10.7. The van der Waals surface area contributed by atoms with Crippen molar-refractivity contribution in [3.63, 3.8) is 0 Å². The number of nitrogens with zero attached hydrogens (tertiary/aromatic N) is 2. The summed E-state index contributed by atoms with van der Waals surface area (Å²) < 4.78 is 3.62. The highest BCUT2D eigenvalue weighted by molar-refractivity contribution is 7.03. The predicted octanol–water partition coefficient (Wildman–Crippen LogP) is 2.20. The van der Waals surface area contributed by atoms with Crippen LogP contribution in [0.3, 0.4) is 0 Å². The molecular formula is C13H11N3O3S. The number of carbonyl (C=O) groups excluding carboxylic acids is 1. The molecule has 1 amide bonds. The predicted molar refractivity (Wildman–Crippen MR) is 75.7 cm³/mol.